The summed E-state index contributed by atoms with van der Waals surface area (Å²) in [6.45, 7) is 3.57. The number of hydrogen-bond donors (Lipinski definition) is 1. The van der Waals surface area contributed by atoms with Gasteiger partial charge in [0.1, 0.15) is 0 Å². The van der Waals surface area contributed by atoms with E-state index in [0.717, 1.165) is 0 Å². The molecule has 0 saturated heterocycles. The molecule has 18 heavy (non-hydrogen) atoms. The number of nitrogens with zero attached hydrogens (tertiary/aromatic N) is 1. The molecule has 1 N–H and O–H groups in total. The maximum absolute atomic E-state index is 11.8. The maximum atomic E-state index is 11.8. The third kappa shape index (κ3) is 2.09. The van der Waals surface area contributed by atoms with Crippen LogP contribution in [0.1, 0.15) is 0 Å². The summed E-state index contributed by atoms with van der Waals surface area (Å²) in [5.74, 6) is -0.529. The van der Waals surface area contributed by atoms with Gasteiger partial charge in [-0.1, -0.05) is 6.08 Å². The highest BCUT2D eigenvalue weighted by molar-refractivity contribution is 7.89. The fourth-order valence-electron chi connectivity index (χ4n) is 1.53. The fourth-order valence-corrected chi connectivity index (χ4v) is 2.55. The lowest BCUT2D eigenvalue weighted by Gasteiger charge is -2.04. The Morgan fingerprint density at radius 2 is 2.22 bits per heavy atom. The number of nitrogens with one attached hydrogen (secondary N) is 1. The lowest BCUT2D eigenvalue weighted by molar-refractivity contribution is 0.527. The average molecular weight is 268 g/mol. The third-order valence-corrected chi connectivity index (χ3v) is 3.91. The van der Waals surface area contributed by atoms with Crippen molar-refractivity contribution in [2.24, 2.45) is 7.05 Å². The zero-order chi connectivity index (χ0) is 13.3. The summed E-state index contributed by atoms with van der Waals surface area (Å²) in [7, 11) is -2.06. The second-order valence-corrected chi connectivity index (χ2v) is 5.46. The number of hydrogen-bond acceptors (Lipinski definition) is 4. The highest BCUT2D eigenvalue weighted by atomic mass is 32.2. The average Bonchev–Trinajstić information content (AvgIpc) is 2.62. The third-order valence-electron chi connectivity index (χ3n) is 2.49. The molecule has 0 radical (unpaired) electrons. The van der Waals surface area contributed by atoms with Gasteiger partial charge in [0.05, 0.1) is 10.4 Å². The van der Waals surface area contributed by atoms with E-state index in [-0.39, 0.29) is 17.0 Å². The smallest absolute Gasteiger partial charge is 0.408 e. The molecule has 0 fully saturated rings. The van der Waals surface area contributed by atoms with Crippen LogP contribution in [-0.4, -0.2) is 19.5 Å². The Morgan fingerprint density at radius 1 is 1.50 bits per heavy atom. The predicted octanol–water partition coefficient (Wildman–Crippen LogP) is 0.596. The van der Waals surface area contributed by atoms with Crippen molar-refractivity contribution in [2.75, 3.05) is 6.54 Å². The van der Waals surface area contributed by atoms with E-state index in [0.29, 0.717) is 5.52 Å². The largest absolute Gasteiger partial charge is 0.419 e. The summed E-state index contributed by atoms with van der Waals surface area (Å²) < 4.78 is 32.3. The van der Waals surface area contributed by atoms with Gasteiger partial charge in [0.25, 0.3) is 0 Å². The van der Waals surface area contributed by atoms with Crippen LogP contribution in [0, 0.1) is 0 Å². The minimum Gasteiger partial charge on any atom is -0.408 e. The molecule has 1 aromatic carbocycles. The van der Waals surface area contributed by atoms with Gasteiger partial charge in [0.15, 0.2) is 5.58 Å². The zero-order valence-electron chi connectivity index (χ0n) is 9.71. The van der Waals surface area contributed by atoms with Gasteiger partial charge in [-0.15, -0.1) is 6.58 Å². The van der Waals surface area contributed by atoms with Crippen molar-refractivity contribution in [1.29, 1.82) is 0 Å². The van der Waals surface area contributed by atoms with Gasteiger partial charge in [-0.3, -0.25) is 4.57 Å². The molecule has 0 aliphatic carbocycles. The van der Waals surface area contributed by atoms with Gasteiger partial charge in [-0.05, 0) is 12.1 Å². The molecule has 0 atom stereocenters. The van der Waals surface area contributed by atoms with Crippen LogP contribution in [0.3, 0.4) is 0 Å². The van der Waals surface area contributed by atoms with Crippen LogP contribution in [0.25, 0.3) is 11.1 Å². The fraction of sp³-hybridized carbons (Fsp3) is 0.182. The molecule has 1 heterocycles. The summed E-state index contributed by atoms with van der Waals surface area (Å²) in [5.41, 5.74) is 0.784. The minimum absolute atomic E-state index is 0.0474. The molecule has 0 bridgehead atoms. The molecule has 0 spiro atoms. The first kappa shape index (κ1) is 12.6. The molecule has 2 aromatic rings. The highest BCUT2D eigenvalue weighted by Gasteiger charge is 2.15. The van der Waals surface area contributed by atoms with E-state index in [1.807, 2.05) is 0 Å². The lowest BCUT2D eigenvalue weighted by Crippen LogP contribution is -2.23. The van der Waals surface area contributed by atoms with Crippen molar-refractivity contribution < 1.29 is 12.8 Å². The van der Waals surface area contributed by atoms with E-state index in [1.165, 1.54) is 28.8 Å². The van der Waals surface area contributed by atoms with E-state index in [4.69, 9.17) is 4.42 Å². The molecule has 0 unspecified atom stereocenters. The van der Waals surface area contributed by atoms with Crippen LogP contribution < -0.4 is 10.5 Å². The Morgan fingerprint density at radius 3 is 2.89 bits per heavy atom. The zero-order valence-corrected chi connectivity index (χ0v) is 10.5. The maximum Gasteiger partial charge on any atom is 0.419 e. The van der Waals surface area contributed by atoms with E-state index >= 15 is 0 Å². The van der Waals surface area contributed by atoms with Crippen molar-refractivity contribution in [3.05, 3.63) is 41.4 Å². The van der Waals surface area contributed by atoms with Crippen molar-refractivity contribution in [3.63, 3.8) is 0 Å². The second kappa shape index (κ2) is 4.43. The summed E-state index contributed by atoms with van der Waals surface area (Å²) >= 11 is 0. The number of oxazole rings is 1. The second-order valence-electron chi connectivity index (χ2n) is 3.70. The summed E-state index contributed by atoms with van der Waals surface area (Å²) in [4.78, 5) is 11.3. The minimum atomic E-state index is -3.61. The van der Waals surface area contributed by atoms with Crippen LogP contribution in [-0.2, 0) is 17.1 Å². The molecular weight excluding hydrogens is 256 g/mol. The van der Waals surface area contributed by atoms with Crippen molar-refractivity contribution in [1.82, 2.24) is 9.29 Å². The normalized spacial score (nSPS) is 11.8. The SMILES string of the molecule is C=CCNS(=O)(=O)c1ccc2c(c1)oc(=O)n2C. The number of rotatable bonds is 4. The van der Waals surface area contributed by atoms with Gasteiger partial charge in [0, 0.05) is 19.7 Å². The first-order valence-corrected chi connectivity index (χ1v) is 6.64. The molecule has 0 amide bonds. The van der Waals surface area contributed by atoms with Gasteiger partial charge in [-0.2, -0.15) is 0 Å². The summed E-state index contributed by atoms with van der Waals surface area (Å²) in [6.07, 6.45) is 1.44. The van der Waals surface area contributed by atoms with E-state index < -0.39 is 15.8 Å². The van der Waals surface area contributed by atoms with E-state index in [1.54, 1.807) is 7.05 Å². The monoisotopic (exact) mass is 268 g/mol. The van der Waals surface area contributed by atoms with Crippen LogP contribution in [0.5, 0.6) is 0 Å². The number of sulfonamides is 1. The molecule has 6 nitrogen and oxygen atoms in total. The molecule has 7 heteroatoms. The molecule has 0 aliphatic rings. The molecule has 2 rings (SSSR count). The predicted molar refractivity (Wildman–Crippen MR) is 66.8 cm³/mol. The highest BCUT2D eigenvalue weighted by Crippen LogP contribution is 2.17. The Hall–Kier alpha value is -1.86. The Bertz CT molecular complexity index is 755. The molecule has 0 aliphatic heterocycles. The molecule has 0 saturated carbocycles. The van der Waals surface area contributed by atoms with Crippen LogP contribution in [0.15, 0.2) is 45.0 Å². The number of aromatic nitrogens is 1. The summed E-state index contributed by atoms with van der Waals surface area (Å²) in [5, 5.41) is 0. The van der Waals surface area contributed by atoms with E-state index in [9.17, 15) is 13.2 Å². The first-order valence-electron chi connectivity index (χ1n) is 5.16. The van der Waals surface area contributed by atoms with Crippen molar-refractivity contribution in [2.45, 2.75) is 4.90 Å². The van der Waals surface area contributed by atoms with Gasteiger partial charge >= 0.3 is 5.76 Å². The van der Waals surface area contributed by atoms with Gasteiger partial charge in [-0.25, -0.2) is 17.9 Å². The van der Waals surface area contributed by atoms with E-state index in [2.05, 4.69) is 11.3 Å². The van der Waals surface area contributed by atoms with Gasteiger partial charge < -0.3 is 4.42 Å². The van der Waals surface area contributed by atoms with Crippen LogP contribution >= 0.6 is 0 Å². The van der Waals surface area contributed by atoms with Gasteiger partial charge in [0.2, 0.25) is 10.0 Å². The number of benzene rings is 1. The molecular formula is C11H12N2O4S. The number of fused-ring (bicyclic) bond motifs is 1. The molecule has 96 valence electrons. The van der Waals surface area contributed by atoms with Crippen LogP contribution in [0.4, 0.5) is 0 Å². The topological polar surface area (TPSA) is 81.3 Å². The first-order chi connectivity index (χ1) is 8.45. The standard InChI is InChI=1S/C11H12N2O4S/c1-3-6-12-18(15,16)8-4-5-9-10(7-8)17-11(14)13(9)2/h3-5,7,12H,1,6H2,2H3. The Labute approximate surface area is 104 Å². The van der Waals surface area contributed by atoms with Crippen LogP contribution in [0.2, 0.25) is 0 Å². The Kier molecular flexibility index (Phi) is 3.10. The summed E-state index contributed by atoms with van der Waals surface area (Å²) in [6, 6.07) is 4.27. The lowest BCUT2D eigenvalue weighted by atomic mass is 10.3. The number of aryl methyl sites for hydroxylation is 1. The van der Waals surface area contributed by atoms with Crippen molar-refractivity contribution >= 4 is 21.1 Å². The quantitative estimate of drug-likeness (QED) is 0.823. The Balaban J connectivity index is 2.54. The van der Waals surface area contributed by atoms with Crippen molar-refractivity contribution in [3.8, 4) is 0 Å². The molecule has 1 aromatic heterocycles.